The Morgan fingerprint density at radius 2 is 1.55 bits per heavy atom. The van der Waals surface area contributed by atoms with Crippen LogP contribution in [0.3, 0.4) is 0 Å². The minimum Gasteiger partial charge on any atom is -0.462 e. The summed E-state index contributed by atoms with van der Waals surface area (Å²) in [7, 11) is 0. The summed E-state index contributed by atoms with van der Waals surface area (Å²) in [5.41, 5.74) is 9.09. The Bertz CT molecular complexity index is 1230. The number of hydrogen-bond donors (Lipinski definition) is 1. The number of esters is 1. The predicted molar refractivity (Wildman–Crippen MR) is 166 cm³/mol. The SMILES string of the molecule is C=C(CO)C(=O)OCCCc1ccc(-c2ccc(-c3ccc(C4CCC(CCCCC)CC4)cc3)cc2C)cc1. The lowest BCUT2D eigenvalue weighted by Gasteiger charge is -2.29. The molecule has 0 aliphatic heterocycles. The third-order valence-electron chi connectivity index (χ3n) is 8.59. The molecule has 0 spiro atoms. The number of unbranched alkanes of at least 4 members (excludes halogenated alkanes) is 2. The van der Waals surface area contributed by atoms with Gasteiger partial charge in [-0.25, -0.2) is 4.79 Å². The summed E-state index contributed by atoms with van der Waals surface area (Å²) in [5.74, 6) is 1.16. The zero-order chi connectivity index (χ0) is 28.3. The second kappa shape index (κ2) is 15.0. The monoisotopic (exact) mass is 538 g/mol. The predicted octanol–water partition coefficient (Wildman–Crippen LogP) is 9.21. The van der Waals surface area contributed by atoms with E-state index >= 15 is 0 Å². The van der Waals surface area contributed by atoms with Crippen molar-refractivity contribution < 1.29 is 14.6 Å². The maximum atomic E-state index is 11.6. The van der Waals surface area contributed by atoms with E-state index in [1.54, 1.807) is 0 Å². The summed E-state index contributed by atoms with van der Waals surface area (Å²) in [6.45, 7) is 7.92. The smallest absolute Gasteiger partial charge is 0.335 e. The molecule has 0 saturated heterocycles. The van der Waals surface area contributed by atoms with Gasteiger partial charge in [-0.2, -0.15) is 0 Å². The van der Waals surface area contributed by atoms with Gasteiger partial charge in [-0.15, -0.1) is 0 Å². The maximum Gasteiger partial charge on any atom is 0.335 e. The first-order valence-electron chi connectivity index (χ1n) is 15.2. The number of benzene rings is 3. The Kier molecular flexibility index (Phi) is 11.2. The van der Waals surface area contributed by atoms with Crippen molar-refractivity contribution in [3.05, 3.63) is 95.6 Å². The molecule has 1 aliphatic rings. The van der Waals surface area contributed by atoms with E-state index in [4.69, 9.17) is 9.84 Å². The van der Waals surface area contributed by atoms with Crippen LogP contribution in [-0.4, -0.2) is 24.3 Å². The van der Waals surface area contributed by atoms with Crippen LogP contribution >= 0.6 is 0 Å². The minimum atomic E-state index is -0.525. The number of carbonyl (C=O) groups is 1. The van der Waals surface area contributed by atoms with Crippen molar-refractivity contribution in [2.45, 2.75) is 84.0 Å². The van der Waals surface area contributed by atoms with Gasteiger partial charge in [0.25, 0.3) is 0 Å². The van der Waals surface area contributed by atoms with E-state index in [2.05, 4.69) is 87.2 Å². The minimum absolute atomic E-state index is 0.0910. The largest absolute Gasteiger partial charge is 0.462 e. The lowest BCUT2D eigenvalue weighted by atomic mass is 9.77. The lowest BCUT2D eigenvalue weighted by Crippen LogP contribution is -2.13. The van der Waals surface area contributed by atoms with Crippen LogP contribution in [0.1, 0.15) is 87.3 Å². The lowest BCUT2D eigenvalue weighted by molar-refractivity contribution is -0.139. The van der Waals surface area contributed by atoms with Gasteiger partial charge in [0, 0.05) is 0 Å². The number of hydrogen-bond acceptors (Lipinski definition) is 3. The van der Waals surface area contributed by atoms with Gasteiger partial charge in [0.15, 0.2) is 0 Å². The zero-order valence-corrected chi connectivity index (χ0v) is 24.5. The Hall–Kier alpha value is -3.17. The molecule has 0 unspecified atom stereocenters. The van der Waals surface area contributed by atoms with Gasteiger partial charge in [-0.05, 0) is 96.2 Å². The normalized spacial score (nSPS) is 17.0. The highest BCUT2D eigenvalue weighted by atomic mass is 16.5. The van der Waals surface area contributed by atoms with Gasteiger partial charge in [0.1, 0.15) is 0 Å². The van der Waals surface area contributed by atoms with Crippen molar-refractivity contribution in [1.29, 1.82) is 0 Å². The molecule has 4 rings (SSSR count). The number of aryl methyl sites for hydroxylation is 2. The number of ether oxygens (including phenoxy) is 1. The van der Waals surface area contributed by atoms with Crippen molar-refractivity contribution in [3.8, 4) is 22.3 Å². The molecule has 3 aromatic rings. The van der Waals surface area contributed by atoms with Crippen LogP contribution in [0.2, 0.25) is 0 Å². The molecule has 40 heavy (non-hydrogen) atoms. The summed E-state index contributed by atoms with van der Waals surface area (Å²) >= 11 is 0. The molecule has 0 heterocycles. The fourth-order valence-electron chi connectivity index (χ4n) is 6.04. The van der Waals surface area contributed by atoms with Gasteiger partial charge >= 0.3 is 5.97 Å². The highest BCUT2D eigenvalue weighted by Crippen LogP contribution is 2.38. The van der Waals surface area contributed by atoms with Crippen LogP contribution in [0, 0.1) is 12.8 Å². The number of rotatable bonds is 13. The molecule has 1 fully saturated rings. The first kappa shape index (κ1) is 29.8. The quantitative estimate of drug-likeness (QED) is 0.134. The van der Waals surface area contributed by atoms with Crippen LogP contribution in [0.5, 0.6) is 0 Å². The molecular weight excluding hydrogens is 492 g/mol. The van der Waals surface area contributed by atoms with E-state index < -0.39 is 5.97 Å². The number of aliphatic hydroxyl groups excluding tert-OH is 1. The van der Waals surface area contributed by atoms with Gasteiger partial charge in [0.05, 0.1) is 18.8 Å². The molecule has 3 heteroatoms. The average molecular weight is 539 g/mol. The molecule has 0 atom stereocenters. The summed E-state index contributed by atoms with van der Waals surface area (Å²) in [5, 5.41) is 8.94. The van der Waals surface area contributed by atoms with E-state index in [1.807, 2.05) is 0 Å². The number of carbonyl (C=O) groups excluding carboxylic acids is 1. The molecule has 1 aliphatic carbocycles. The van der Waals surface area contributed by atoms with E-state index in [1.165, 1.54) is 90.3 Å². The Balaban J connectivity index is 1.30. The highest BCUT2D eigenvalue weighted by molar-refractivity contribution is 5.87. The molecule has 212 valence electrons. The fourth-order valence-corrected chi connectivity index (χ4v) is 6.04. The van der Waals surface area contributed by atoms with Crippen molar-refractivity contribution >= 4 is 5.97 Å². The first-order chi connectivity index (χ1) is 19.5. The Morgan fingerprint density at radius 1 is 0.875 bits per heavy atom. The molecular formula is C37H46O3. The molecule has 1 N–H and O–H groups in total. The van der Waals surface area contributed by atoms with Gasteiger partial charge in [0.2, 0.25) is 0 Å². The maximum absolute atomic E-state index is 11.6. The summed E-state index contributed by atoms with van der Waals surface area (Å²) in [4.78, 5) is 11.6. The average Bonchev–Trinajstić information content (AvgIpc) is 2.99. The van der Waals surface area contributed by atoms with Crippen LogP contribution in [0.25, 0.3) is 22.3 Å². The second-order valence-electron chi connectivity index (χ2n) is 11.6. The molecule has 0 amide bonds. The molecule has 3 nitrogen and oxygen atoms in total. The highest BCUT2D eigenvalue weighted by Gasteiger charge is 2.22. The summed E-state index contributed by atoms with van der Waals surface area (Å²) in [6.07, 6.45) is 12.6. The van der Waals surface area contributed by atoms with E-state index in [0.29, 0.717) is 6.61 Å². The van der Waals surface area contributed by atoms with Crippen LogP contribution < -0.4 is 0 Å². The molecule has 0 aromatic heterocycles. The van der Waals surface area contributed by atoms with E-state index in [0.717, 1.165) is 24.7 Å². The first-order valence-corrected chi connectivity index (χ1v) is 15.2. The van der Waals surface area contributed by atoms with Crippen molar-refractivity contribution in [1.82, 2.24) is 0 Å². The van der Waals surface area contributed by atoms with Crippen molar-refractivity contribution in [2.75, 3.05) is 13.2 Å². The summed E-state index contributed by atoms with van der Waals surface area (Å²) < 4.78 is 5.13. The standard InChI is InChI=1S/C37H46O3/c1-4-5-6-8-29-10-14-31(15-11-29)32-18-20-33(21-19-32)35-22-23-36(27(2)25-35)34-16-12-30(13-17-34)9-7-24-40-37(39)28(3)26-38/h12-13,16-23,25,29,31,38H,3-11,14-15,24,26H2,1-2H3. The van der Waals surface area contributed by atoms with Crippen molar-refractivity contribution in [3.63, 3.8) is 0 Å². The van der Waals surface area contributed by atoms with Gasteiger partial charge in [-0.3, -0.25) is 0 Å². The molecule has 1 saturated carbocycles. The Morgan fingerprint density at radius 3 is 2.20 bits per heavy atom. The van der Waals surface area contributed by atoms with E-state index in [-0.39, 0.29) is 12.2 Å². The van der Waals surface area contributed by atoms with Gasteiger partial charge < -0.3 is 9.84 Å². The topological polar surface area (TPSA) is 46.5 Å². The zero-order valence-electron chi connectivity index (χ0n) is 24.5. The summed E-state index contributed by atoms with van der Waals surface area (Å²) in [6, 6.07) is 24.8. The fraction of sp³-hybridized carbons (Fsp3) is 0.432. The van der Waals surface area contributed by atoms with E-state index in [9.17, 15) is 4.79 Å². The third-order valence-corrected chi connectivity index (χ3v) is 8.59. The van der Waals surface area contributed by atoms with Crippen LogP contribution in [0.15, 0.2) is 78.9 Å². The van der Waals surface area contributed by atoms with Crippen LogP contribution in [0.4, 0.5) is 0 Å². The Labute approximate surface area is 241 Å². The second-order valence-corrected chi connectivity index (χ2v) is 11.6. The number of aliphatic hydroxyl groups is 1. The molecule has 0 bridgehead atoms. The molecule has 3 aromatic carbocycles. The van der Waals surface area contributed by atoms with Gasteiger partial charge in [-0.1, -0.05) is 106 Å². The molecule has 0 radical (unpaired) electrons. The van der Waals surface area contributed by atoms with Crippen LogP contribution in [-0.2, 0) is 16.0 Å². The third kappa shape index (κ3) is 8.17. The van der Waals surface area contributed by atoms with Crippen molar-refractivity contribution in [2.24, 2.45) is 5.92 Å².